The SMILES string of the molecule is CNC(=O)c1ccc(NC2CN3CCC2CC3)c(C)c1. The molecule has 1 aromatic carbocycles. The lowest BCUT2D eigenvalue weighted by Gasteiger charge is -2.45. The van der Waals surface area contributed by atoms with Crippen molar-refractivity contribution < 1.29 is 4.79 Å². The van der Waals surface area contributed by atoms with Crippen LogP contribution in [-0.4, -0.2) is 43.5 Å². The largest absolute Gasteiger partial charge is 0.381 e. The smallest absolute Gasteiger partial charge is 0.251 e. The Morgan fingerprint density at radius 2 is 2.05 bits per heavy atom. The predicted molar refractivity (Wildman–Crippen MR) is 81.1 cm³/mol. The van der Waals surface area contributed by atoms with E-state index in [4.69, 9.17) is 0 Å². The van der Waals surface area contributed by atoms with E-state index in [0.717, 1.165) is 29.3 Å². The van der Waals surface area contributed by atoms with E-state index in [2.05, 4.69) is 22.5 Å². The van der Waals surface area contributed by atoms with Crippen molar-refractivity contribution >= 4 is 11.6 Å². The highest BCUT2D eigenvalue weighted by atomic mass is 16.1. The van der Waals surface area contributed by atoms with Crippen molar-refractivity contribution in [2.75, 3.05) is 32.0 Å². The molecule has 3 saturated heterocycles. The van der Waals surface area contributed by atoms with E-state index >= 15 is 0 Å². The zero-order valence-electron chi connectivity index (χ0n) is 12.3. The topological polar surface area (TPSA) is 44.4 Å². The van der Waals surface area contributed by atoms with Crippen LogP contribution in [0.5, 0.6) is 0 Å². The molecule has 1 atom stereocenters. The number of fused-ring (bicyclic) bond motifs is 3. The summed E-state index contributed by atoms with van der Waals surface area (Å²) in [5.74, 6) is 0.778. The molecule has 2 N–H and O–H groups in total. The number of anilines is 1. The van der Waals surface area contributed by atoms with Crippen LogP contribution >= 0.6 is 0 Å². The van der Waals surface area contributed by atoms with Gasteiger partial charge in [-0.1, -0.05) is 0 Å². The predicted octanol–water partition coefficient (Wildman–Crippen LogP) is 1.86. The maximum atomic E-state index is 11.6. The Balaban J connectivity index is 1.73. The molecule has 108 valence electrons. The standard InChI is InChI=1S/C16H23N3O/c1-11-9-13(16(20)17-2)3-4-14(11)18-15-10-19-7-5-12(15)6-8-19/h3-4,9,12,15,18H,5-8,10H2,1-2H3,(H,17,20). The summed E-state index contributed by atoms with van der Waals surface area (Å²) in [6.45, 7) is 5.74. The number of nitrogens with one attached hydrogen (secondary N) is 2. The van der Waals surface area contributed by atoms with Gasteiger partial charge in [0, 0.05) is 30.9 Å². The first-order valence-electron chi connectivity index (χ1n) is 7.49. The molecule has 3 aliphatic heterocycles. The fraction of sp³-hybridized carbons (Fsp3) is 0.562. The molecule has 20 heavy (non-hydrogen) atoms. The van der Waals surface area contributed by atoms with Gasteiger partial charge in [-0.15, -0.1) is 0 Å². The minimum Gasteiger partial charge on any atom is -0.381 e. The molecule has 0 radical (unpaired) electrons. The number of carbonyl (C=O) groups excluding carboxylic acids is 1. The Hall–Kier alpha value is -1.55. The summed E-state index contributed by atoms with van der Waals surface area (Å²) < 4.78 is 0. The molecule has 0 aromatic heterocycles. The fourth-order valence-electron chi connectivity index (χ4n) is 3.44. The van der Waals surface area contributed by atoms with Gasteiger partial charge in [0.2, 0.25) is 0 Å². The quantitative estimate of drug-likeness (QED) is 0.883. The minimum absolute atomic E-state index is 0.0255. The third-order valence-electron chi connectivity index (χ3n) is 4.71. The number of benzene rings is 1. The summed E-state index contributed by atoms with van der Waals surface area (Å²) in [5.41, 5.74) is 3.03. The number of carbonyl (C=O) groups is 1. The Bertz CT molecular complexity index is 506. The van der Waals surface area contributed by atoms with Gasteiger partial charge in [0.25, 0.3) is 5.91 Å². The van der Waals surface area contributed by atoms with Gasteiger partial charge in [-0.2, -0.15) is 0 Å². The normalized spacial score (nSPS) is 28.2. The summed E-state index contributed by atoms with van der Waals surface area (Å²) in [5, 5.41) is 6.36. The van der Waals surface area contributed by atoms with Crippen molar-refractivity contribution in [2.24, 2.45) is 5.92 Å². The molecule has 3 heterocycles. The van der Waals surface area contributed by atoms with Gasteiger partial charge in [0.15, 0.2) is 0 Å². The Kier molecular flexibility index (Phi) is 3.66. The molecule has 3 aliphatic rings. The van der Waals surface area contributed by atoms with Crippen molar-refractivity contribution in [3.05, 3.63) is 29.3 Å². The molecular weight excluding hydrogens is 250 g/mol. The Labute approximate surface area is 120 Å². The van der Waals surface area contributed by atoms with E-state index in [1.54, 1.807) is 7.05 Å². The number of aryl methyl sites for hydroxylation is 1. The third kappa shape index (κ3) is 2.52. The van der Waals surface area contributed by atoms with Gasteiger partial charge in [-0.25, -0.2) is 0 Å². The summed E-state index contributed by atoms with van der Waals surface area (Å²) in [6, 6.07) is 6.46. The molecule has 1 aromatic rings. The highest BCUT2D eigenvalue weighted by Gasteiger charge is 2.34. The molecule has 4 rings (SSSR count). The van der Waals surface area contributed by atoms with Crippen LogP contribution in [-0.2, 0) is 0 Å². The monoisotopic (exact) mass is 273 g/mol. The number of nitrogens with zero attached hydrogens (tertiary/aromatic N) is 1. The average Bonchev–Trinajstić information content (AvgIpc) is 2.49. The molecule has 1 unspecified atom stereocenters. The molecule has 4 nitrogen and oxygen atoms in total. The van der Waals surface area contributed by atoms with Crippen LogP contribution in [0.1, 0.15) is 28.8 Å². The Morgan fingerprint density at radius 3 is 2.60 bits per heavy atom. The summed E-state index contributed by atoms with van der Waals surface area (Å²) in [4.78, 5) is 14.2. The van der Waals surface area contributed by atoms with E-state index in [1.165, 1.54) is 25.9 Å². The van der Waals surface area contributed by atoms with Crippen molar-refractivity contribution in [2.45, 2.75) is 25.8 Å². The molecule has 3 fully saturated rings. The lowest BCUT2D eigenvalue weighted by molar-refractivity contribution is 0.0962. The number of rotatable bonds is 3. The van der Waals surface area contributed by atoms with Crippen LogP contribution in [0, 0.1) is 12.8 Å². The van der Waals surface area contributed by atoms with E-state index < -0.39 is 0 Å². The van der Waals surface area contributed by atoms with Gasteiger partial charge in [-0.3, -0.25) is 4.79 Å². The lowest BCUT2D eigenvalue weighted by Crippen LogP contribution is -2.53. The van der Waals surface area contributed by atoms with E-state index in [-0.39, 0.29) is 5.91 Å². The van der Waals surface area contributed by atoms with Crippen molar-refractivity contribution in [1.82, 2.24) is 10.2 Å². The van der Waals surface area contributed by atoms with E-state index in [9.17, 15) is 4.79 Å². The van der Waals surface area contributed by atoms with Crippen LogP contribution < -0.4 is 10.6 Å². The van der Waals surface area contributed by atoms with Gasteiger partial charge in [-0.05, 0) is 62.5 Å². The highest BCUT2D eigenvalue weighted by Crippen LogP contribution is 2.30. The molecule has 0 saturated carbocycles. The second-order valence-corrected chi connectivity index (χ2v) is 6.00. The first kappa shape index (κ1) is 13.4. The molecule has 4 heteroatoms. The second kappa shape index (κ2) is 5.44. The van der Waals surface area contributed by atoms with Crippen LogP contribution in [0.25, 0.3) is 0 Å². The maximum absolute atomic E-state index is 11.6. The third-order valence-corrected chi connectivity index (χ3v) is 4.71. The minimum atomic E-state index is -0.0255. The van der Waals surface area contributed by atoms with Crippen LogP contribution in [0.4, 0.5) is 5.69 Å². The summed E-state index contributed by atoms with van der Waals surface area (Å²) >= 11 is 0. The van der Waals surface area contributed by atoms with E-state index in [1.807, 2.05) is 18.2 Å². The first-order valence-corrected chi connectivity index (χ1v) is 7.49. The zero-order chi connectivity index (χ0) is 14.1. The van der Waals surface area contributed by atoms with Gasteiger partial charge in [0.1, 0.15) is 0 Å². The molecular formula is C16H23N3O. The maximum Gasteiger partial charge on any atom is 0.251 e. The van der Waals surface area contributed by atoms with Gasteiger partial charge in [0.05, 0.1) is 0 Å². The van der Waals surface area contributed by atoms with Crippen molar-refractivity contribution in [3.8, 4) is 0 Å². The highest BCUT2D eigenvalue weighted by molar-refractivity contribution is 5.94. The van der Waals surface area contributed by atoms with Crippen LogP contribution in [0.2, 0.25) is 0 Å². The Morgan fingerprint density at radius 1 is 1.30 bits per heavy atom. The van der Waals surface area contributed by atoms with Gasteiger partial charge >= 0.3 is 0 Å². The van der Waals surface area contributed by atoms with Gasteiger partial charge < -0.3 is 15.5 Å². The number of hydrogen-bond donors (Lipinski definition) is 2. The van der Waals surface area contributed by atoms with Crippen LogP contribution in [0.3, 0.4) is 0 Å². The lowest BCUT2D eigenvalue weighted by atomic mass is 9.84. The molecule has 0 aliphatic carbocycles. The molecule has 1 amide bonds. The zero-order valence-corrected chi connectivity index (χ0v) is 12.3. The number of hydrogen-bond acceptors (Lipinski definition) is 3. The fourth-order valence-corrected chi connectivity index (χ4v) is 3.44. The first-order chi connectivity index (χ1) is 9.67. The van der Waals surface area contributed by atoms with E-state index in [0.29, 0.717) is 6.04 Å². The van der Waals surface area contributed by atoms with Crippen molar-refractivity contribution in [3.63, 3.8) is 0 Å². The molecule has 2 bridgehead atoms. The second-order valence-electron chi connectivity index (χ2n) is 6.00. The van der Waals surface area contributed by atoms with Crippen LogP contribution in [0.15, 0.2) is 18.2 Å². The van der Waals surface area contributed by atoms with Crippen molar-refractivity contribution in [1.29, 1.82) is 0 Å². The number of amides is 1. The summed E-state index contributed by atoms with van der Waals surface area (Å²) in [7, 11) is 1.66. The number of piperidine rings is 3. The summed E-state index contributed by atoms with van der Waals surface area (Å²) in [6.07, 6.45) is 2.63. The molecule has 0 spiro atoms. The average molecular weight is 273 g/mol.